The van der Waals surface area contributed by atoms with Crippen molar-refractivity contribution in [3.63, 3.8) is 0 Å². The van der Waals surface area contributed by atoms with Gasteiger partial charge in [0.25, 0.3) is 0 Å². The van der Waals surface area contributed by atoms with Crippen LogP contribution in [0.5, 0.6) is 0 Å². The standard InChI is InChI=1S/C10H13BrO/c1-6-5-10(11)7(2)4-9(6)8(3)12/h4-5,8,12H,1-3H3/t8-/m0/s1. The smallest absolute Gasteiger partial charge is 0.0764 e. The van der Waals surface area contributed by atoms with Crippen LogP contribution in [0.3, 0.4) is 0 Å². The quantitative estimate of drug-likeness (QED) is 0.784. The van der Waals surface area contributed by atoms with E-state index in [1.54, 1.807) is 6.92 Å². The van der Waals surface area contributed by atoms with Gasteiger partial charge in [-0.1, -0.05) is 22.0 Å². The summed E-state index contributed by atoms with van der Waals surface area (Å²) in [6, 6.07) is 4.06. The van der Waals surface area contributed by atoms with Gasteiger partial charge in [0, 0.05) is 4.47 Å². The van der Waals surface area contributed by atoms with Gasteiger partial charge in [-0.05, 0) is 43.5 Å². The Morgan fingerprint density at radius 2 is 1.83 bits per heavy atom. The minimum atomic E-state index is -0.378. The number of hydrogen-bond acceptors (Lipinski definition) is 1. The van der Waals surface area contributed by atoms with Gasteiger partial charge < -0.3 is 5.11 Å². The van der Waals surface area contributed by atoms with Gasteiger partial charge in [-0.15, -0.1) is 0 Å². The fourth-order valence-corrected chi connectivity index (χ4v) is 1.71. The molecule has 1 aromatic carbocycles. The summed E-state index contributed by atoms with van der Waals surface area (Å²) >= 11 is 3.45. The Labute approximate surface area is 81.6 Å². The molecular formula is C10H13BrO. The normalized spacial score (nSPS) is 13.1. The predicted molar refractivity (Wildman–Crippen MR) is 54.2 cm³/mol. The lowest BCUT2D eigenvalue weighted by atomic mass is 10.0. The summed E-state index contributed by atoms with van der Waals surface area (Å²) in [7, 11) is 0. The summed E-state index contributed by atoms with van der Waals surface area (Å²) in [4.78, 5) is 0. The van der Waals surface area contributed by atoms with Crippen molar-refractivity contribution in [3.8, 4) is 0 Å². The molecule has 0 unspecified atom stereocenters. The number of aryl methyl sites for hydroxylation is 2. The SMILES string of the molecule is Cc1cc([C@H](C)O)c(C)cc1Br. The highest BCUT2D eigenvalue weighted by atomic mass is 79.9. The van der Waals surface area contributed by atoms with Gasteiger partial charge in [0.2, 0.25) is 0 Å². The molecule has 0 heterocycles. The number of aliphatic hydroxyl groups is 1. The van der Waals surface area contributed by atoms with Crippen molar-refractivity contribution >= 4 is 15.9 Å². The molecule has 0 aliphatic heterocycles. The maximum atomic E-state index is 9.40. The molecule has 0 aliphatic carbocycles. The van der Waals surface area contributed by atoms with Crippen molar-refractivity contribution in [2.24, 2.45) is 0 Å². The third-order valence-corrected chi connectivity index (χ3v) is 2.85. The third kappa shape index (κ3) is 1.87. The molecule has 0 bridgehead atoms. The highest BCUT2D eigenvalue weighted by molar-refractivity contribution is 9.10. The molecule has 1 nitrogen and oxygen atoms in total. The molecule has 0 aromatic heterocycles. The highest BCUT2D eigenvalue weighted by Crippen LogP contribution is 2.24. The summed E-state index contributed by atoms with van der Waals surface area (Å²) in [5.41, 5.74) is 3.30. The van der Waals surface area contributed by atoms with Crippen molar-refractivity contribution < 1.29 is 5.11 Å². The number of hydrogen-bond donors (Lipinski definition) is 1. The Bertz CT molecular complexity index is 292. The van der Waals surface area contributed by atoms with Gasteiger partial charge in [0.15, 0.2) is 0 Å². The largest absolute Gasteiger partial charge is 0.389 e. The first-order valence-electron chi connectivity index (χ1n) is 3.97. The fraction of sp³-hybridized carbons (Fsp3) is 0.400. The van der Waals surface area contributed by atoms with Gasteiger partial charge in [0.1, 0.15) is 0 Å². The second-order valence-corrected chi connectivity index (χ2v) is 3.99. The van der Waals surface area contributed by atoms with E-state index < -0.39 is 0 Å². The van der Waals surface area contributed by atoms with Crippen LogP contribution in [0.1, 0.15) is 29.7 Å². The second kappa shape index (κ2) is 3.58. The number of benzene rings is 1. The summed E-state index contributed by atoms with van der Waals surface area (Å²) in [6.07, 6.45) is -0.378. The maximum Gasteiger partial charge on any atom is 0.0764 e. The van der Waals surface area contributed by atoms with Crippen LogP contribution in [0, 0.1) is 13.8 Å². The van der Waals surface area contributed by atoms with Crippen LogP contribution in [-0.2, 0) is 0 Å². The summed E-state index contributed by atoms with van der Waals surface area (Å²) in [5.74, 6) is 0. The third-order valence-electron chi connectivity index (χ3n) is 2.00. The van der Waals surface area contributed by atoms with Crippen LogP contribution in [0.4, 0.5) is 0 Å². The fourth-order valence-electron chi connectivity index (χ4n) is 1.25. The van der Waals surface area contributed by atoms with Crippen LogP contribution >= 0.6 is 15.9 Å². The molecule has 0 saturated heterocycles. The van der Waals surface area contributed by atoms with Gasteiger partial charge >= 0.3 is 0 Å². The lowest BCUT2D eigenvalue weighted by molar-refractivity contribution is 0.198. The van der Waals surface area contributed by atoms with Crippen molar-refractivity contribution in [2.45, 2.75) is 26.9 Å². The van der Waals surface area contributed by atoms with E-state index in [0.29, 0.717) is 0 Å². The number of halogens is 1. The van der Waals surface area contributed by atoms with Gasteiger partial charge in [-0.3, -0.25) is 0 Å². The first-order valence-corrected chi connectivity index (χ1v) is 4.76. The Hall–Kier alpha value is -0.340. The van der Waals surface area contributed by atoms with E-state index in [1.165, 1.54) is 0 Å². The Balaban J connectivity index is 3.23. The molecule has 1 rings (SSSR count). The molecule has 0 amide bonds. The van der Waals surface area contributed by atoms with E-state index in [1.807, 2.05) is 26.0 Å². The van der Waals surface area contributed by atoms with E-state index in [9.17, 15) is 5.11 Å². The molecule has 66 valence electrons. The molecule has 0 saturated carbocycles. The lowest BCUT2D eigenvalue weighted by Crippen LogP contribution is -1.95. The van der Waals surface area contributed by atoms with E-state index in [4.69, 9.17) is 0 Å². The zero-order chi connectivity index (χ0) is 9.30. The van der Waals surface area contributed by atoms with E-state index in [2.05, 4.69) is 15.9 Å². The van der Waals surface area contributed by atoms with Crippen LogP contribution in [0.25, 0.3) is 0 Å². The Morgan fingerprint density at radius 3 is 2.33 bits per heavy atom. The van der Waals surface area contributed by atoms with Gasteiger partial charge in [0.05, 0.1) is 6.10 Å². The molecule has 0 fully saturated rings. The van der Waals surface area contributed by atoms with E-state index in [0.717, 1.165) is 21.2 Å². The minimum absolute atomic E-state index is 0.378. The van der Waals surface area contributed by atoms with Crippen LogP contribution in [0.2, 0.25) is 0 Å². The molecule has 2 heteroatoms. The summed E-state index contributed by atoms with van der Waals surface area (Å²) in [6.45, 7) is 5.82. The van der Waals surface area contributed by atoms with Crippen molar-refractivity contribution in [2.75, 3.05) is 0 Å². The van der Waals surface area contributed by atoms with Crippen LogP contribution in [0.15, 0.2) is 16.6 Å². The van der Waals surface area contributed by atoms with Crippen LogP contribution in [-0.4, -0.2) is 5.11 Å². The zero-order valence-corrected chi connectivity index (χ0v) is 9.14. The van der Waals surface area contributed by atoms with Gasteiger partial charge in [-0.25, -0.2) is 0 Å². The Morgan fingerprint density at radius 1 is 1.25 bits per heavy atom. The molecular weight excluding hydrogens is 216 g/mol. The second-order valence-electron chi connectivity index (χ2n) is 3.13. The summed E-state index contributed by atoms with van der Waals surface area (Å²) < 4.78 is 1.10. The predicted octanol–water partition coefficient (Wildman–Crippen LogP) is 3.12. The molecule has 12 heavy (non-hydrogen) atoms. The molecule has 1 aromatic rings. The van der Waals surface area contributed by atoms with E-state index in [-0.39, 0.29) is 6.10 Å². The molecule has 1 N–H and O–H groups in total. The molecule has 0 radical (unpaired) electrons. The van der Waals surface area contributed by atoms with Crippen LogP contribution < -0.4 is 0 Å². The topological polar surface area (TPSA) is 20.2 Å². The average Bonchev–Trinajstić information content (AvgIpc) is 1.96. The van der Waals surface area contributed by atoms with Crippen molar-refractivity contribution in [1.29, 1.82) is 0 Å². The zero-order valence-electron chi connectivity index (χ0n) is 7.56. The highest BCUT2D eigenvalue weighted by Gasteiger charge is 2.06. The van der Waals surface area contributed by atoms with Gasteiger partial charge in [-0.2, -0.15) is 0 Å². The first kappa shape index (κ1) is 9.75. The minimum Gasteiger partial charge on any atom is -0.389 e. The van der Waals surface area contributed by atoms with Crippen molar-refractivity contribution in [3.05, 3.63) is 33.3 Å². The summed E-state index contributed by atoms with van der Waals surface area (Å²) in [5, 5.41) is 9.40. The lowest BCUT2D eigenvalue weighted by Gasteiger charge is -2.10. The number of rotatable bonds is 1. The molecule has 1 atom stereocenters. The molecule has 0 spiro atoms. The average molecular weight is 229 g/mol. The number of aliphatic hydroxyl groups excluding tert-OH is 1. The van der Waals surface area contributed by atoms with Crippen molar-refractivity contribution in [1.82, 2.24) is 0 Å². The van der Waals surface area contributed by atoms with E-state index >= 15 is 0 Å². The molecule has 0 aliphatic rings. The first-order chi connectivity index (χ1) is 5.52. The monoisotopic (exact) mass is 228 g/mol. The maximum absolute atomic E-state index is 9.40. The Kier molecular flexibility index (Phi) is 2.91.